The van der Waals surface area contributed by atoms with Crippen LogP contribution in [0.1, 0.15) is 25.0 Å². The van der Waals surface area contributed by atoms with Gasteiger partial charge in [-0.25, -0.2) is 0 Å². The smallest absolute Gasteiger partial charge is 0.243 e. The van der Waals surface area contributed by atoms with Crippen LogP contribution in [0.2, 0.25) is 0 Å². The first-order valence-corrected chi connectivity index (χ1v) is 5.83. The van der Waals surface area contributed by atoms with Crippen LogP contribution in [0.5, 0.6) is 0 Å². The number of nitrogens with one attached hydrogen (secondary N) is 1. The highest BCUT2D eigenvalue weighted by Gasteiger charge is 2.02. The second-order valence-corrected chi connectivity index (χ2v) is 3.62. The van der Waals surface area contributed by atoms with E-state index in [0.29, 0.717) is 19.8 Å². The van der Waals surface area contributed by atoms with Crippen molar-refractivity contribution in [2.45, 2.75) is 27.0 Å². The van der Waals surface area contributed by atoms with Crippen LogP contribution in [0, 0.1) is 0 Å². The van der Waals surface area contributed by atoms with Gasteiger partial charge in [0.25, 0.3) is 0 Å². The lowest BCUT2D eigenvalue weighted by molar-refractivity contribution is -0.116. The molecule has 0 atom stereocenters. The normalized spacial score (nSPS) is 10.7. The molecule has 1 aromatic carbocycles. The van der Waals surface area contributed by atoms with Gasteiger partial charge in [-0.05, 0) is 31.1 Å². The summed E-state index contributed by atoms with van der Waals surface area (Å²) in [6, 6.07) is 7.97. The largest absolute Gasteiger partial charge is 0.377 e. The van der Waals surface area contributed by atoms with E-state index in [1.54, 1.807) is 6.08 Å². The van der Waals surface area contributed by atoms with Crippen LogP contribution in [0.3, 0.4) is 0 Å². The second kappa shape index (κ2) is 7.63. The highest BCUT2D eigenvalue weighted by molar-refractivity contribution is 5.87. The Balaban J connectivity index is 2.60. The standard InChI is InChI=1S/C14H19NO2/c1-3-7-14(16)15-10-12-8-5-6-9-13(12)11-17-4-2/h3,5-9H,4,10-11H2,1-2H3,(H,15,16). The Kier molecular flexibility index (Phi) is 6.04. The van der Waals surface area contributed by atoms with Gasteiger partial charge in [-0.15, -0.1) is 0 Å². The first-order valence-electron chi connectivity index (χ1n) is 5.83. The minimum absolute atomic E-state index is 0.0706. The molecule has 0 bridgehead atoms. The summed E-state index contributed by atoms with van der Waals surface area (Å²) in [6.45, 7) is 5.61. The molecule has 0 aliphatic carbocycles. The molecule has 1 amide bonds. The fraction of sp³-hybridized carbons (Fsp3) is 0.357. The van der Waals surface area contributed by atoms with Gasteiger partial charge in [0.2, 0.25) is 5.91 Å². The summed E-state index contributed by atoms with van der Waals surface area (Å²) in [6.07, 6.45) is 3.24. The predicted octanol–water partition coefficient (Wildman–Crippen LogP) is 2.42. The SMILES string of the molecule is CC=CC(=O)NCc1ccccc1COCC. The summed E-state index contributed by atoms with van der Waals surface area (Å²) in [5.41, 5.74) is 2.22. The van der Waals surface area contributed by atoms with Crippen LogP contribution in [-0.4, -0.2) is 12.5 Å². The summed E-state index contributed by atoms with van der Waals surface area (Å²) in [7, 11) is 0. The van der Waals surface area contributed by atoms with Crippen molar-refractivity contribution in [3.05, 3.63) is 47.5 Å². The van der Waals surface area contributed by atoms with Gasteiger partial charge in [0.05, 0.1) is 6.61 Å². The summed E-state index contributed by atoms with van der Waals surface area (Å²) >= 11 is 0. The zero-order valence-corrected chi connectivity index (χ0v) is 10.4. The molecule has 3 nitrogen and oxygen atoms in total. The summed E-state index contributed by atoms with van der Waals surface area (Å²) in [4.78, 5) is 11.3. The Morgan fingerprint density at radius 2 is 2.06 bits per heavy atom. The zero-order valence-electron chi connectivity index (χ0n) is 10.4. The Morgan fingerprint density at radius 1 is 1.35 bits per heavy atom. The van der Waals surface area contributed by atoms with E-state index in [1.165, 1.54) is 6.08 Å². The Hall–Kier alpha value is -1.61. The van der Waals surface area contributed by atoms with Crippen molar-refractivity contribution in [3.63, 3.8) is 0 Å². The second-order valence-electron chi connectivity index (χ2n) is 3.62. The fourth-order valence-corrected chi connectivity index (χ4v) is 1.48. The van der Waals surface area contributed by atoms with Gasteiger partial charge in [0.15, 0.2) is 0 Å². The quantitative estimate of drug-likeness (QED) is 0.766. The average Bonchev–Trinajstić information content (AvgIpc) is 2.35. The van der Waals surface area contributed by atoms with Gasteiger partial charge in [-0.1, -0.05) is 30.3 Å². The molecule has 0 fully saturated rings. The van der Waals surface area contributed by atoms with E-state index in [4.69, 9.17) is 4.74 Å². The van der Waals surface area contributed by atoms with Crippen LogP contribution >= 0.6 is 0 Å². The molecule has 0 aromatic heterocycles. The molecular formula is C14H19NO2. The molecule has 0 saturated heterocycles. The highest BCUT2D eigenvalue weighted by Crippen LogP contribution is 2.09. The number of hydrogen-bond donors (Lipinski definition) is 1. The van der Waals surface area contributed by atoms with E-state index >= 15 is 0 Å². The molecule has 1 aromatic rings. The molecule has 1 N–H and O–H groups in total. The predicted molar refractivity (Wildman–Crippen MR) is 68.4 cm³/mol. The Labute approximate surface area is 102 Å². The maximum Gasteiger partial charge on any atom is 0.243 e. The highest BCUT2D eigenvalue weighted by atomic mass is 16.5. The van der Waals surface area contributed by atoms with E-state index < -0.39 is 0 Å². The Morgan fingerprint density at radius 3 is 2.71 bits per heavy atom. The molecule has 3 heteroatoms. The van der Waals surface area contributed by atoms with Crippen LogP contribution in [0.4, 0.5) is 0 Å². The van der Waals surface area contributed by atoms with Crippen molar-refractivity contribution in [1.29, 1.82) is 0 Å². The number of amides is 1. The maximum absolute atomic E-state index is 11.3. The van der Waals surface area contributed by atoms with E-state index in [1.807, 2.05) is 38.1 Å². The summed E-state index contributed by atoms with van der Waals surface area (Å²) in [5, 5.41) is 2.84. The van der Waals surface area contributed by atoms with Crippen molar-refractivity contribution in [1.82, 2.24) is 5.32 Å². The first kappa shape index (κ1) is 13.5. The van der Waals surface area contributed by atoms with Crippen molar-refractivity contribution in [2.24, 2.45) is 0 Å². The van der Waals surface area contributed by atoms with Crippen LogP contribution in [0.15, 0.2) is 36.4 Å². The van der Waals surface area contributed by atoms with Crippen molar-refractivity contribution < 1.29 is 9.53 Å². The molecular weight excluding hydrogens is 214 g/mol. The number of hydrogen-bond acceptors (Lipinski definition) is 2. The van der Waals surface area contributed by atoms with Crippen molar-refractivity contribution in [2.75, 3.05) is 6.61 Å². The van der Waals surface area contributed by atoms with Crippen LogP contribution in [-0.2, 0) is 22.7 Å². The first-order chi connectivity index (χ1) is 8.27. The number of carbonyl (C=O) groups excluding carboxylic acids is 1. The van der Waals surface area contributed by atoms with Gasteiger partial charge >= 0.3 is 0 Å². The van der Waals surface area contributed by atoms with Crippen LogP contribution < -0.4 is 5.32 Å². The maximum atomic E-state index is 11.3. The molecule has 1 rings (SSSR count). The number of allylic oxidation sites excluding steroid dienone is 1. The molecule has 0 heterocycles. The van der Waals surface area contributed by atoms with Crippen molar-refractivity contribution in [3.8, 4) is 0 Å². The third-order valence-electron chi connectivity index (χ3n) is 2.35. The molecule has 0 aliphatic rings. The molecule has 0 radical (unpaired) electrons. The van der Waals surface area contributed by atoms with Gasteiger partial charge < -0.3 is 10.1 Å². The van der Waals surface area contributed by atoms with Crippen molar-refractivity contribution >= 4 is 5.91 Å². The van der Waals surface area contributed by atoms with Gasteiger partial charge in [-0.2, -0.15) is 0 Å². The van der Waals surface area contributed by atoms with E-state index in [9.17, 15) is 4.79 Å². The van der Waals surface area contributed by atoms with E-state index in [2.05, 4.69) is 5.32 Å². The third kappa shape index (κ3) is 4.83. The molecule has 0 unspecified atom stereocenters. The summed E-state index contributed by atoms with van der Waals surface area (Å²) < 4.78 is 5.39. The minimum atomic E-state index is -0.0706. The van der Waals surface area contributed by atoms with Crippen LogP contribution in [0.25, 0.3) is 0 Å². The lowest BCUT2D eigenvalue weighted by Crippen LogP contribution is -2.21. The van der Waals surface area contributed by atoms with Gasteiger partial charge in [0.1, 0.15) is 0 Å². The third-order valence-corrected chi connectivity index (χ3v) is 2.35. The minimum Gasteiger partial charge on any atom is -0.377 e. The average molecular weight is 233 g/mol. The number of benzene rings is 1. The number of rotatable bonds is 6. The topological polar surface area (TPSA) is 38.3 Å². The lowest BCUT2D eigenvalue weighted by atomic mass is 10.1. The zero-order chi connectivity index (χ0) is 12.5. The lowest BCUT2D eigenvalue weighted by Gasteiger charge is -2.09. The van der Waals surface area contributed by atoms with Gasteiger partial charge in [-0.3, -0.25) is 4.79 Å². The molecule has 0 spiro atoms. The van der Waals surface area contributed by atoms with E-state index in [0.717, 1.165) is 11.1 Å². The molecule has 0 saturated carbocycles. The van der Waals surface area contributed by atoms with E-state index in [-0.39, 0.29) is 5.91 Å². The fourth-order valence-electron chi connectivity index (χ4n) is 1.48. The molecule has 17 heavy (non-hydrogen) atoms. The monoisotopic (exact) mass is 233 g/mol. The molecule has 0 aliphatic heterocycles. The summed E-state index contributed by atoms with van der Waals surface area (Å²) in [5.74, 6) is -0.0706. The Bertz CT molecular complexity index is 386. The van der Waals surface area contributed by atoms with Gasteiger partial charge in [0, 0.05) is 13.2 Å². The molecule has 92 valence electrons. The number of carbonyl (C=O) groups is 1. The number of ether oxygens (including phenoxy) is 1.